The van der Waals surface area contributed by atoms with Crippen molar-refractivity contribution in [3.05, 3.63) is 101 Å². The highest BCUT2D eigenvalue weighted by Gasteiger charge is 2.38. The number of aromatic nitrogens is 2. The molecular formula is C31H30F2N4O3S. The van der Waals surface area contributed by atoms with Crippen molar-refractivity contribution in [3.63, 3.8) is 0 Å². The van der Waals surface area contributed by atoms with E-state index in [4.69, 9.17) is 9.84 Å². The molecule has 1 aromatic heterocycles. The molecule has 41 heavy (non-hydrogen) atoms. The highest BCUT2D eigenvalue weighted by molar-refractivity contribution is 8.00. The van der Waals surface area contributed by atoms with E-state index in [1.807, 2.05) is 62.4 Å². The van der Waals surface area contributed by atoms with E-state index in [2.05, 4.69) is 5.32 Å². The van der Waals surface area contributed by atoms with Gasteiger partial charge in [-0.2, -0.15) is 5.10 Å². The molecule has 4 aromatic rings. The van der Waals surface area contributed by atoms with Crippen LogP contribution in [0.5, 0.6) is 0 Å². The van der Waals surface area contributed by atoms with Crippen molar-refractivity contribution in [2.75, 3.05) is 37.5 Å². The van der Waals surface area contributed by atoms with Gasteiger partial charge in [0, 0.05) is 36.4 Å². The summed E-state index contributed by atoms with van der Waals surface area (Å²) >= 11 is 1.23. The Morgan fingerprint density at radius 1 is 1.10 bits per heavy atom. The van der Waals surface area contributed by atoms with Crippen molar-refractivity contribution in [2.45, 2.75) is 19.1 Å². The molecule has 2 heterocycles. The maximum atomic E-state index is 15.4. The van der Waals surface area contributed by atoms with Crippen LogP contribution in [0.25, 0.3) is 16.9 Å². The van der Waals surface area contributed by atoms with Crippen LogP contribution in [0.1, 0.15) is 27.5 Å². The summed E-state index contributed by atoms with van der Waals surface area (Å²) in [4.78, 5) is 28.2. The Morgan fingerprint density at radius 2 is 1.88 bits per heavy atom. The SMILES string of the molecule is COCCNC(=O)CN1C(=O)CSC(c2ccc(F)cc2F)c2c(-c3ccccc3)nn(-c3ccc(C)cc3C)c21. The summed E-state index contributed by atoms with van der Waals surface area (Å²) in [5, 5.41) is 7.09. The monoisotopic (exact) mass is 576 g/mol. The highest BCUT2D eigenvalue weighted by atomic mass is 32.2. The van der Waals surface area contributed by atoms with E-state index >= 15 is 4.39 Å². The zero-order valence-electron chi connectivity index (χ0n) is 23.0. The fourth-order valence-corrected chi connectivity index (χ4v) is 6.21. The minimum Gasteiger partial charge on any atom is -0.383 e. The predicted molar refractivity (Wildman–Crippen MR) is 156 cm³/mol. The van der Waals surface area contributed by atoms with Crippen LogP contribution in [0.4, 0.5) is 14.6 Å². The molecule has 1 atom stereocenters. The number of carbonyl (C=O) groups is 2. The summed E-state index contributed by atoms with van der Waals surface area (Å²) in [6.07, 6.45) is 0. The Labute approximate surface area is 241 Å². The van der Waals surface area contributed by atoms with Crippen molar-refractivity contribution >= 4 is 29.4 Å². The normalized spacial score (nSPS) is 15.0. The number of methoxy groups -OCH3 is 1. The molecule has 212 valence electrons. The Morgan fingerprint density at radius 3 is 2.59 bits per heavy atom. The molecule has 7 nitrogen and oxygen atoms in total. The lowest BCUT2D eigenvalue weighted by Gasteiger charge is -2.24. The topological polar surface area (TPSA) is 76.5 Å². The Balaban J connectivity index is 1.79. The van der Waals surface area contributed by atoms with Crippen LogP contribution in [-0.4, -0.2) is 54.2 Å². The van der Waals surface area contributed by atoms with Crippen LogP contribution in [0, 0.1) is 25.5 Å². The number of benzene rings is 3. The van der Waals surface area contributed by atoms with Gasteiger partial charge in [-0.3, -0.25) is 14.5 Å². The molecule has 1 N–H and O–H groups in total. The Kier molecular flexibility index (Phi) is 8.51. The molecule has 0 saturated carbocycles. The van der Waals surface area contributed by atoms with Crippen LogP contribution in [0.15, 0.2) is 66.7 Å². The number of fused-ring (bicyclic) bond motifs is 1. The number of hydrogen-bond donors (Lipinski definition) is 1. The number of nitrogens with zero attached hydrogens (tertiary/aromatic N) is 3. The first kappa shape index (κ1) is 28.5. The predicted octanol–water partition coefficient (Wildman–Crippen LogP) is 5.37. The first-order chi connectivity index (χ1) is 19.8. The molecule has 10 heteroatoms. The molecule has 1 aliphatic heterocycles. The number of thioether (sulfide) groups is 1. The summed E-state index contributed by atoms with van der Waals surface area (Å²) in [6.45, 7) is 4.28. The molecule has 3 aromatic carbocycles. The number of halogens is 2. The van der Waals surface area contributed by atoms with E-state index in [1.54, 1.807) is 4.68 Å². The fourth-order valence-electron chi connectivity index (χ4n) is 4.99. The van der Waals surface area contributed by atoms with E-state index in [9.17, 15) is 14.0 Å². The number of aryl methyl sites for hydroxylation is 2. The van der Waals surface area contributed by atoms with Crippen molar-refractivity contribution in [3.8, 4) is 16.9 Å². The summed E-state index contributed by atoms with van der Waals surface area (Å²) in [7, 11) is 1.54. The lowest BCUT2D eigenvalue weighted by Crippen LogP contribution is -2.43. The molecule has 2 amide bonds. The summed E-state index contributed by atoms with van der Waals surface area (Å²) in [5.41, 5.74) is 4.79. The molecule has 0 bridgehead atoms. The van der Waals surface area contributed by atoms with Crippen LogP contribution < -0.4 is 10.2 Å². The van der Waals surface area contributed by atoms with Crippen molar-refractivity contribution in [1.29, 1.82) is 0 Å². The second kappa shape index (κ2) is 12.2. The summed E-state index contributed by atoms with van der Waals surface area (Å²) in [5.74, 6) is -1.75. The zero-order valence-corrected chi connectivity index (χ0v) is 23.8. The number of nitrogens with one attached hydrogen (secondary N) is 1. The van der Waals surface area contributed by atoms with Crippen LogP contribution in [0.2, 0.25) is 0 Å². The Bertz CT molecular complexity index is 1590. The first-order valence-electron chi connectivity index (χ1n) is 13.2. The number of ether oxygens (including phenoxy) is 1. The van der Waals surface area contributed by atoms with E-state index < -0.39 is 16.9 Å². The third-order valence-electron chi connectivity index (χ3n) is 6.89. The first-order valence-corrected chi connectivity index (χ1v) is 14.2. The van der Waals surface area contributed by atoms with Gasteiger partial charge in [-0.1, -0.05) is 54.1 Å². The number of amides is 2. The van der Waals surface area contributed by atoms with E-state index in [0.717, 1.165) is 28.4 Å². The lowest BCUT2D eigenvalue weighted by atomic mass is 9.99. The minimum absolute atomic E-state index is 0.0252. The highest BCUT2D eigenvalue weighted by Crippen LogP contribution is 2.49. The quantitative estimate of drug-likeness (QED) is 0.286. The van der Waals surface area contributed by atoms with E-state index in [-0.39, 0.29) is 36.2 Å². The second-order valence-electron chi connectivity index (χ2n) is 9.83. The third-order valence-corrected chi connectivity index (χ3v) is 8.13. The number of rotatable bonds is 8. The smallest absolute Gasteiger partial charge is 0.240 e. The van der Waals surface area contributed by atoms with Gasteiger partial charge >= 0.3 is 0 Å². The molecular weight excluding hydrogens is 546 g/mol. The van der Waals surface area contributed by atoms with E-state index in [1.165, 1.54) is 35.9 Å². The van der Waals surface area contributed by atoms with Gasteiger partial charge in [0.2, 0.25) is 11.8 Å². The molecule has 5 rings (SSSR count). The molecule has 0 aliphatic carbocycles. The molecule has 1 unspecified atom stereocenters. The molecule has 0 saturated heterocycles. The van der Waals surface area contributed by atoms with Crippen LogP contribution in [0.3, 0.4) is 0 Å². The summed E-state index contributed by atoms with van der Waals surface area (Å²) < 4.78 is 36.0. The zero-order chi connectivity index (χ0) is 29.1. The Hall–Kier alpha value is -4.02. The van der Waals surface area contributed by atoms with Crippen molar-refractivity contribution in [2.24, 2.45) is 0 Å². The van der Waals surface area contributed by atoms with E-state index in [0.29, 0.717) is 23.7 Å². The van der Waals surface area contributed by atoms with Gasteiger partial charge in [0.25, 0.3) is 0 Å². The van der Waals surface area contributed by atoms with Crippen molar-refractivity contribution in [1.82, 2.24) is 15.1 Å². The van der Waals surface area contributed by atoms with Gasteiger partial charge in [0.1, 0.15) is 24.0 Å². The van der Waals surface area contributed by atoms with Gasteiger partial charge in [-0.25, -0.2) is 13.5 Å². The van der Waals surface area contributed by atoms with Crippen LogP contribution >= 0.6 is 11.8 Å². The maximum Gasteiger partial charge on any atom is 0.240 e. The molecule has 0 spiro atoms. The maximum absolute atomic E-state index is 15.4. The van der Waals surface area contributed by atoms with Gasteiger partial charge in [-0.15, -0.1) is 11.8 Å². The third kappa shape index (κ3) is 5.89. The number of hydrogen-bond acceptors (Lipinski definition) is 5. The average Bonchev–Trinajstić information content (AvgIpc) is 3.26. The van der Waals surface area contributed by atoms with Gasteiger partial charge in [0.05, 0.1) is 29.0 Å². The number of anilines is 1. The summed E-state index contributed by atoms with van der Waals surface area (Å²) in [6, 6.07) is 18.8. The molecule has 0 fully saturated rings. The largest absolute Gasteiger partial charge is 0.383 e. The van der Waals surface area contributed by atoms with Crippen molar-refractivity contribution < 1.29 is 23.1 Å². The average molecular weight is 577 g/mol. The lowest BCUT2D eigenvalue weighted by molar-refractivity contribution is -0.123. The minimum atomic E-state index is -0.718. The fraction of sp³-hybridized carbons (Fsp3) is 0.258. The van der Waals surface area contributed by atoms with Gasteiger partial charge in [0.15, 0.2) is 0 Å². The molecule has 1 aliphatic rings. The van der Waals surface area contributed by atoms with Gasteiger partial charge in [-0.05, 0) is 31.5 Å². The van der Waals surface area contributed by atoms with Crippen LogP contribution in [-0.2, 0) is 14.3 Å². The standard InChI is InChI=1S/C31H30F2N4O3S/c1-19-9-12-25(20(2)15-19)37-31-28(29(35-37)21-7-5-4-6-8-21)30(23-11-10-22(32)16-24(23)33)41-18-27(39)36(31)17-26(38)34-13-14-40-3/h4-12,15-16,30H,13-14,17-18H2,1-3H3,(H,34,38). The molecule has 0 radical (unpaired) electrons. The number of carbonyl (C=O) groups excluding carboxylic acids is 2. The van der Waals surface area contributed by atoms with Gasteiger partial charge < -0.3 is 10.1 Å². The second-order valence-corrected chi connectivity index (χ2v) is 10.9.